The molecule has 0 atom stereocenters. The SMILES string of the molecule is Fc1ccccc1OCC1(CCc2ccccc2)CCNCC1. The maximum Gasteiger partial charge on any atom is 0.165 e. The van der Waals surface area contributed by atoms with Crippen molar-refractivity contribution in [2.24, 2.45) is 5.41 Å². The van der Waals surface area contributed by atoms with Gasteiger partial charge in [0.15, 0.2) is 11.6 Å². The van der Waals surface area contributed by atoms with Crippen molar-refractivity contribution in [1.29, 1.82) is 0 Å². The summed E-state index contributed by atoms with van der Waals surface area (Å²) < 4.78 is 19.6. The summed E-state index contributed by atoms with van der Waals surface area (Å²) in [7, 11) is 0. The molecule has 0 aromatic heterocycles. The highest BCUT2D eigenvalue weighted by Crippen LogP contribution is 2.35. The normalized spacial score (nSPS) is 16.9. The molecule has 2 aromatic carbocycles. The van der Waals surface area contributed by atoms with Crippen LogP contribution in [0.1, 0.15) is 24.8 Å². The Labute approximate surface area is 137 Å². The maximum atomic E-state index is 13.8. The fourth-order valence-electron chi connectivity index (χ4n) is 3.27. The highest BCUT2D eigenvalue weighted by molar-refractivity contribution is 5.23. The van der Waals surface area contributed by atoms with E-state index in [-0.39, 0.29) is 11.2 Å². The summed E-state index contributed by atoms with van der Waals surface area (Å²) in [5, 5.41) is 3.42. The molecule has 1 N–H and O–H groups in total. The Hall–Kier alpha value is -1.87. The van der Waals surface area contributed by atoms with Gasteiger partial charge in [-0.2, -0.15) is 0 Å². The van der Waals surface area contributed by atoms with E-state index >= 15 is 0 Å². The Balaban J connectivity index is 1.65. The molecule has 3 heteroatoms. The highest BCUT2D eigenvalue weighted by Gasteiger charge is 2.32. The zero-order chi connectivity index (χ0) is 16.0. The zero-order valence-corrected chi connectivity index (χ0v) is 13.4. The third-order valence-corrected chi connectivity index (χ3v) is 4.82. The third-order valence-electron chi connectivity index (χ3n) is 4.82. The summed E-state index contributed by atoms with van der Waals surface area (Å²) in [5.41, 5.74) is 1.49. The van der Waals surface area contributed by atoms with E-state index in [0.29, 0.717) is 12.4 Å². The second-order valence-electron chi connectivity index (χ2n) is 6.45. The summed E-state index contributed by atoms with van der Waals surface area (Å²) >= 11 is 0. The van der Waals surface area contributed by atoms with Gasteiger partial charge < -0.3 is 10.1 Å². The minimum absolute atomic E-state index is 0.128. The van der Waals surface area contributed by atoms with Crippen LogP contribution in [0.4, 0.5) is 4.39 Å². The Morgan fingerprint density at radius 3 is 2.39 bits per heavy atom. The molecule has 0 aliphatic carbocycles. The first-order valence-corrected chi connectivity index (χ1v) is 8.39. The molecule has 0 spiro atoms. The van der Waals surface area contributed by atoms with Gasteiger partial charge in [-0.3, -0.25) is 0 Å². The first-order chi connectivity index (χ1) is 11.3. The first kappa shape index (κ1) is 16.0. The lowest BCUT2D eigenvalue weighted by atomic mass is 9.75. The molecule has 0 unspecified atom stereocenters. The van der Waals surface area contributed by atoms with E-state index in [1.807, 2.05) is 12.1 Å². The van der Waals surface area contributed by atoms with Gasteiger partial charge >= 0.3 is 0 Å². The highest BCUT2D eigenvalue weighted by atomic mass is 19.1. The summed E-state index contributed by atoms with van der Waals surface area (Å²) in [4.78, 5) is 0. The van der Waals surface area contributed by atoms with Gasteiger partial charge in [0, 0.05) is 5.41 Å². The average molecular weight is 313 g/mol. The van der Waals surface area contributed by atoms with Gasteiger partial charge in [0.1, 0.15) is 0 Å². The van der Waals surface area contributed by atoms with E-state index in [4.69, 9.17) is 4.74 Å². The molecule has 1 aliphatic heterocycles. The predicted octanol–water partition coefficient (Wildman–Crippen LogP) is 4.21. The van der Waals surface area contributed by atoms with Gasteiger partial charge in [-0.1, -0.05) is 42.5 Å². The van der Waals surface area contributed by atoms with Crippen LogP contribution in [0.3, 0.4) is 0 Å². The predicted molar refractivity (Wildman–Crippen MR) is 91.2 cm³/mol. The van der Waals surface area contributed by atoms with Gasteiger partial charge in [-0.15, -0.1) is 0 Å². The van der Waals surface area contributed by atoms with E-state index in [2.05, 4.69) is 29.6 Å². The molecule has 23 heavy (non-hydrogen) atoms. The topological polar surface area (TPSA) is 21.3 Å². The van der Waals surface area contributed by atoms with E-state index in [0.717, 1.165) is 38.8 Å². The molecule has 122 valence electrons. The Bertz CT molecular complexity index is 608. The van der Waals surface area contributed by atoms with Gasteiger partial charge in [0.25, 0.3) is 0 Å². The van der Waals surface area contributed by atoms with Crippen molar-refractivity contribution >= 4 is 0 Å². The lowest BCUT2D eigenvalue weighted by Crippen LogP contribution is -2.41. The van der Waals surface area contributed by atoms with Crippen LogP contribution in [0.2, 0.25) is 0 Å². The molecule has 0 saturated carbocycles. The van der Waals surface area contributed by atoms with Crippen LogP contribution in [0.15, 0.2) is 54.6 Å². The van der Waals surface area contributed by atoms with Crippen LogP contribution in [-0.4, -0.2) is 19.7 Å². The summed E-state index contributed by atoms with van der Waals surface area (Å²) in [5.74, 6) is 0.0877. The minimum Gasteiger partial charge on any atom is -0.490 e. The summed E-state index contributed by atoms with van der Waals surface area (Å²) in [6, 6.07) is 17.2. The van der Waals surface area contributed by atoms with Crippen LogP contribution < -0.4 is 10.1 Å². The molecule has 1 fully saturated rings. The fourth-order valence-corrected chi connectivity index (χ4v) is 3.27. The van der Waals surface area contributed by atoms with Crippen molar-refractivity contribution in [3.05, 3.63) is 66.0 Å². The van der Waals surface area contributed by atoms with Crippen LogP contribution in [0, 0.1) is 11.2 Å². The van der Waals surface area contributed by atoms with Crippen molar-refractivity contribution in [3.8, 4) is 5.75 Å². The number of benzene rings is 2. The number of rotatable bonds is 6. The molecule has 0 bridgehead atoms. The Kier molecular flexibility index (Phi) is 5.29. The van der Waals surface area contributed by atoms with Crippen molar-refractivity contribution in [1.82, 2.24) is 5.32 Å². The van der Waals surface area contributed by atoms with Gasteiger partial charge in [-0.05, 0) is 56.5 Å². The first-order valence-electron chi connectivity index (χ1n) is 8.39. The maximum absolute atomic E-state index is 13.8. The molecular weight excluding hydrogens is 289 g/mol. The van der Waals surface area contributed by atoms with Crippen LogP contribution in [-0.2, 0) is 6.42 Å². The number of para-hydroxylation sites is 1. The molecule has 2 nitrogen and oxygen atoms in total. The lowest BCUT2D eigenvalue weighted by Gasteiger charge is -2.37. The average Bonchev–Trinajstić information content (AvgIpc) is 2.61. The standard InChI is InChI=1S/C20H24FNO/c21-18-8-4-5-9-19(18)23-16-20(12-14-22-15-13-20)11-10-17-6-2-1-3-7-17/h1-9,22H,10-16H2. The second-order valence-corrected chi connectivity index (χ2v) is 6.45. The molecule has 1 saturated heterocycles. The third kappa shape index (κ3) is 4.32. The largest absolute Gasteiger partial charge is 0.490 e. The lowest BCUT2D eigenvalue weighted by molar-refractivity contribution is 0.0924. The number of aryl methyl sites for hydroxylation is 1. The zero-order valence-electron chi connectivity index (χ0n) is 13.4. The van der Waals surface area contributed by atoms with E-state index < -0.39 is 0 Å². The number of hydrogen-bond donors (Lipinski definition) is 1. The number of hydrogen-bond acceptors (Lipinski definition) is 2. The van der Waals surface area contributed by atoms with Crippen molar-refractivity contribution in [3.63, 3.8) is 0 Å². The van der Waals surface area contributed by atoms with Crippen LogP contribution in [0.25, 0.3) is 0 Å². The number of piperidine rings is 1. The van der Waals surface area contributed by atoms with Gasteiger partial charge in [-0.25, -0.2) is 4.39 Å². The fraction of sp³-hybridized carbons (Fsp3) is 0.400. The molecule has 0 amide bonds. The smallest absolute Gasteiger partial charge is 0.165 e. The number of nitrogens with one attached hydrogen (secondary N) is 1. The summed E-state index contributed by atoms with van der Waals surface area (Å²) in [6.45, 7) is 2.60. The molecular formula is C20H24FNO. The van der Waals surface area contributed by atoms with Crippen molar-refractivity contribution < 1.29 is 9.13 Å². The van der Waals surface area contributed by atoms with Crippen molar-refractivity contribution in [2.45, 2.75) is 25.7 Å². The van der Waals surface area contributed by atoms with E-state index in [9.17, 15) is 4.39 Å². The molecule has 2 aromatic rings. The summed E-state index contributed by atoms with van der Waals surface area (Å²) in [6.07, 6.45) is 4.27. The molecule has 1 heterocycles. The Morgan fingerprint density at radius 1 is 0.957 bits per heavy atom. The minimum atomic E-state index is -0.278. The van der Waals surface area contributed by atoms with Crippen LogP contribution in [0.5, 0.6) is 5.75 Å². The van der Waals surface area contributed by atoms with E-state index in [1.54, 1.807) is 12.1 Å². The van der Waals surface area contributed by atoms with Gasteiger partial charge in [0.05, 0.1) is 6.61 Å². The quantitative estimate of drug-likeness (QED) is 0.862. The Morgan fingerprint density at radius 2 is 1.65 bits per heavy atom. The molecule has 0 radical (unpaired) electrons. The number of halogens is 1. The van der Waals surface area contributed by atoms with Gasteiger partial charge in [0.2, 0.25) is 0 Å². The van der Waals surface area contributed by atoms with E-state index in [1.165, 1.54) is 11.6 Å². The van der Waals surface area contributed by atoms with Crippen LogP contribution >= 0.6 is 0 Å². The van der Waals surface area contributed by atoms with Crippen molar-refractivity contribution in [2.75, 3.05) is 19.7 Å². The monoisotopic (exact) mass is 313 g/mol. The molecule has 1 aliphatic rings. The molecule has 3 rings (SSSR count). The second kappa shape index (κ2) is 7.60. The number of ether oxygens (including phenoxy) is 1.